The van der Waals surface area contributed by atoms with Crippen LogP contribution in [0.4, 0.5) is 17.2 Å². The maximum atomic E-state index is 14.0. The molecular formula is C27H37N5O2. The minimum absolute atomic E-state index is 0.0493. The molecule has 0 spiro atoms. The summed E-state index contributed by atoms with van der Waals surface area (Å²) in [6, 6.07) is 7.97. The van der Waals surface area contributed by atoms with Crippen LogP contribution in [0.3, 0.4) is 0 Å². The number of likely N-dealkylation sites (tertiary alicyclic amines) is 1. The molecule has 0 radical (unpaired) electrons. The molecule has 2 aliphatic heterocycles. The Bertz CT molecular complexity index is 1080. The van der Waals surface area contributed by atoms with E-state index in [0.29, 0.717) is 35.3 Å². The van der Waals surface area contributed by atoms with Gasteiger partial charge in [0.2, 0.25) is 5.91 Å². The zero-order valence-electron chi connectivity index (χ0n) is 21.1. The van der Waals surface area contributed by atoms with E-state index in [2.05, 4.69) is 29.0 Å². The summed E-state index contributed by atoms with van der Waals surface area (Å²) in [7, 11) is 0. The lowest BCUT2D eigenvalue weighted by molar-refractivity contribution is -0.120. The summed E-state index contributed by atoms with van der Waals surface area (Å²) in [5.74, 6) is 0.254. The van der Waals surface area contributed by atoms with E-state index < -0.39 is 0 Å². The van der Waals surface area contributed by atoms with Crippen LogP contribution in [0.15, 0.2) is 24.3 Å². The fraction of sp³-hybridized carbons (Fsp3) is 0.519. The molecule has 182 valence electrons. The van der Waals surface area contributed by atoms with Gasteiger partial charge in [0.05, 0.1) is 23.5 Å². The van der Waals surface area contributed by atoms with Gasteiger partial charge in [-0.05, 0) is 77.0 Å². The van der Waals surface area contributed by atoms with Gasteiger partial charge in [0.15, 0.2) is 5.82 Å². The van der Waals surface area contributed by atoms with Gasteiger partial charge in [-0.25, -0.2) is 4.98 Å². The van der Waals surface area contributed by atoms with Crippen molar-refractivity contribution in [2.24, 2.45) is 0 Å². The molecule has 0 saturated carbocycles. The summed E-state index contributed by atoms with van der Waals surface area (Å²) in [5.41, 5.74) is 4.40. The van der Waals surface area contributed by atoms with Gasteiger partial charge < -0.3 is 10.2 Å². The van der Waals surface area contributed by atoms with Crippen molar-refractivity contribution in [1.82, 2.24) is 14.8 Å². The van der Waals surface area contributed by atoms with Crippen LogP contribution in [0.1, 0.15) is 60.3 Å². The number of hydrogen-bond donors (Lipinski definition) is 1. The molecule has 0 aliphatic carbocycles. The van der Waals surface area contributed by atoms with E-state index in [0.717, 1.165) is 55.8 Å². The standard InChI is InChI=1S/C27H37N5O2/c1-6-30(7-2)16-21-10-8-9-13-31(21)17-24(33)32-23-12-11-18(3)14-22(23)27(34)29-25-19(4)15-20(5)28-26(25)32/h11-12,14-15,21H,6-10,13,16-17H2,1-5H3,(H,29,34). The Labute approximate surface area is 203 Å². The molecule has 1 aromatic heterocycles. The van der Waals surface area contributed by atoms with Crippen LogP contribution in [0.5, 0.6) is 0 Å². The van der Waals surface area contributed by atoms with Crippen molar-refractivity contribution in [3.63, 3.8) is 0 Å². The Hall–Kier alpha value is -2.77. The molecule has 1 atom stereocenters. The second-order valence-electron chi connectivity index (χ2n) is 9.59. The lowest BCUT2D eigenvalue weighted by Crippen LogP contribution is -2.50. The van der Waals surface area contributed by atoms with Crippen molar-refractivity contribution >= 4 is 29.0 Å². The first-order valence-electron chi connectivity index (χ1n) is 12.5. The monoisotopic (exact) mass is 463 g/mol. The number of anilines is 3. The molecule has 1 unspecified atom stereocenters. The van der Waals surface area contributed by atoms with Crippen LogP contribution in [0.25, 0.3) is 0 Å². The Balaban J connectivity index is 1.73. The third-order valence-corrected chi connectivity index (χ3v) is 7.11. The van der Waals surface area contributed by atoms with Gasteiger partial charge in [-0.1, -0.05) is 31.9 Å². The Morgan fingerprint density at radius 2 is 1.91 bits per heavy atom. The highest BCUT2D eigenvalue weighted by Gasteiger charge is 2.34. The molecule has 1 aromatic carbocycles. The molecule has 34 heavy (non-hydrogen) atoms. The number of nitrogens with zero attached hydrogens (tertiary/aromatic N) is 4. The highest BCUT2D eigenvalue weighted by atomic mass is 16.2. The number of piperidine rings is 1. The number of nitrogens with one attached hydrogen (secondary N) is 1. The number of fused-ring (bicyclic) bond motifs is 2. The number of likely N-dealkylation sites (N-methyl/N-ethyl adjacent to an activating group) is 1. The summed E-state index contributed by atoms with van der Waals surface area (Å²) in [6.07, 6.45) is 3.40. The second-order valence-corrected chi connectivity index (χ2v) is 9.59. The van der Waals surface area contributed by atoms with Crippen LogP contribution in [-0.4, -0.2) is 65.4 Å². The topological polar surface area (TPSA) is 68.8 Å². The number of aryl methyl sites for hydroxylation is 3. The third-order valence-electron chi connectivity index (χ3n) is 7.11. The molecular weight excluding hydrogens is 426 g/mol. The van der Waals surface area contributed by atoms with Crippen LogP contribution in [-0.2, 0) is 4.79 Å². The van der Waals surface area contributed by atoms with E-state index in [4.69, 9.17) is 4.98 Å². The number of hydrogen-bond acceptors (Lipinski definition) is 5. The van der Waals surface area contributed by atoms with Crippen molar-refractivity contribution < 1.29 is 9.59 Å². The predicted molar refractivity (Wildman–Crippen MR) is 137 cm³/mol. The van der Waals surface area contributed by atoms with Gasteiger partial charge in [0, 0.05) is 18.3 Å². The van der Waals surface area contributed by atoms with Crippen molar-refractivity contribution in [2.75, 3.05) is 42.9 Å². The third kappa shape index (κ3) is 4.86. The zero-order chi connectivity index (χ0) is 24.4. The molecule has 1 N–H and O–H groups in total. The quantitative estimate of drug-likeness (QED) is 0.686. The Kier molecular flexibility index (Phi) is 7.33. The van der Waals surface area contributed by atoms with Gasteiger partial charge in [0.25, 0.3) is 5.91 Å². The van der Waals surface area contributed by atoms with E-state index in [9.17, 15) is 9.59 Å². The van der Waals surface area contributed by atoms with Gasteiger partial charge in [-0.15, -0.1) is 0 Å². The molecule has 1 saturated heterocycles. The number of carbonyl (C=O) groups excluding carboxylic acids is 2. The number of pyridine rings is 1. The normalized spacial score (nSPS) is 18.4. The fourth-order valence-electron chi connectivity index (χ4n) is 5.21. The van der Waals surface area contributed by atoms with Crippen LogP contribution in [0, 0.1) is 20.8 Å². The number of rotatable bonds is 6. The van der Waals surface area contributed by atoms with Gasteiger partial charge in [-0.3, -0.25) is 19.4 Å². The molecule has 2 aliphatic rings. The molecule has 4 rings (SSSR count). The maximum Gasteiger partial charge on any atom is 0.257 e. The molecule has 3 heterocycles. The van der Waals surface area contributed by atoms with Gasteiger partial charge in [0.1, 0.15) is 0 Å². The maximum absolute atomic E-state index is 14.0. The molecule has 7 nitrogen and oxygen atoms in total. The highest BCUT2D eigenvalue weighted by Crippen LogP contribution is 2.39. The average molecular weight is 464 g/mol. The SMILES string of the molecule is CCN(CC)CC1CCCCN1CC(=O)N1c2ccc(C)cc2C(=O)Nc2c(C)cc(C)nc21. The molecule has 1 fully saturated rings. The predicted octanol–water partition coefficient (Wildman–Crippen LogP) is 4.43. The van der Waals surface area contributed by atoms with E-state index in [1.54, 1.807) is 4.90 Å². The average Bonchev–Trinajstić information content (AvgIpc) is 2.93. The van der Waals surface area contributed by atoms with Crippen molar-refractivity contribution in [1.29, 1.82) is 0 Å². The zero-order valence-corrected chi connectivity index (χ0v) is 21.1. The smallest absolute Gasteiger partial charge is 0.257 e. The molecule has 2 amide bonds. The summed E-state index contributed by atoms with van der Waals surface area (Å²) in [6.45, 7) is 14.4. The van der Waals surface area contributed by atoms with Gasteiger partial charge >= 0.3 is 0 Å². The van der Waals surface area contributed by atoms with Crippen molar-refractivity contribution in [3.8, 4) is 0 Å². The Morgan fingerprint density at radius 3 is 2.65 bits per heavy atom. The first-order valence-corrected chi connectivity index (χ1v) is 12.5. The second kappa shape index (κ2) is 10.2. The minimum Gasteiger partial charge on any atom is -0.319 e. The van der Waals surface area contributed by atoms with Crippen molar-refractivity contribution in [3.05, 3.63) is 46.6 Å². The van der Waals surface area contributed by atoms with Gasteiger partial charge in [-0.2, -0.15) is 0 Å². The molecule has 7 heteroatoms. The Morgan fingerprint density at radius 1 is 1.15 bits per heavy atom. The fourth-order valence-corrected chi connectivity index (χ4v) is 5.21. The number of aromatic nitrogens is 1. The lowest BCUT2D eigenvalue weighted by atomic mass is 10.0. The summed E-state index contributed by atoms with van der Waals surface area (Å²) in [4.78, 5) is 38.4. The van der Waals surface area contributed by atoms with Crippen LogP contribution in [0.2, 0.25) is 0 Å². The first kappa shape index (κ1) is 24.4. The largest absolute Gasteiger partial charge is 0.319 e. The minimum atomic E-state index is -0.207. The van der Waals surface area contributed by atoms with Crippen molar-refractivity contribution in [2.45, 2.75) is 59.9 Å². The summed E-state index contributed by atoms with van der Waals surface area (Å²) >= 11 is 0. The highest BCUT2D eigenvalue weighted by molar-refractivity contribution is 6.17. The number of carbonyl (C=O) groups is 2. The van der Waals surface area contributed by atoms with Crippen LogP contribution < -0.4 is 10.2 Å². The summed E-state index contributed by atoms with van der Waals surface area (Å²) in [5, 5.41) is 3.02. The first-order chi connectivity index (χ1) is 16.3. The van der Waals surface area contributed by atoms with Crippen LogP contribution >= 0.6 is 0 Å². The van der Waals surface area contributed by atoms with E-state index >= 15 is 0 Å². The van der Waals surface area contributed by atoms with E-state index in [-0.39, 0.29) is 11.8 Å². The number of amides is 2. The number of benzene rings is 1. The van der Waals surface area contributed by atoms with E-state index in [1.165, 1.54) is 6.42 Å². The molecule has 0 bridgehead atoms. The summed E-state index contributed by atoms with van der Waals surface area (Å²) < 4.78 is 0. The lowest BCUT2D eigenvalue weighted by Gasteiger charge is -2.38. The van der Waals surface area contributed by atoms with E-state index in [1.807, 2.05) is 45.0 Å². The molecule has 2 aromatic rings.